The lowest BCUT2D eigenvalue weighted by Gasteiger charge is -2.30. The largest absolute Gasteiger partial charge is 0.493 e. The molecular weight excluding hydrogens is 316 g/mol. The van der Waals surface area contributed by atoms with Gasteiger partial charge >= 0.3 is 0 Å². The van der Waals surface area contributed by atoms with Gasteiger partial charge in [0.1, 0.15) is 0 Å². The summed E-state index contributed by atoms with van der Waals surface area (Å²) >= 11 is 0. The summed E-state index contributed by atoms with van der Waals surface area (Å²) < 4.78 is 11.1. The lowest BCUT2D eigenvalue weighted by Crippen LogP contribution is -2.42. The zero-order chi connectivity index (χ0) is 15.9. The minimum Gasteiger partial charge on any atom is -0.493 e. The van der Waals surface area contributed by atoms with E-state index in [0.717, 1.165) is 38.8 Å². The maximum absolute atomic E-state index is 12.5. The molecule has 1 aliphatic rings. The Morgan fingerprint density at radius 1 is 1.30 bits per heavy atom. The summed E-state index contributed by atoms with van der Waals surface area (Å²) in [6.07, 6.45) is 3.80. The quantitative estimate of drug-likeness (QED) is 0.807. The van der Waals surface area contributed by atoms with E-state index in [-0.39, 0.29) is 24.4 Å². The molecule has 0 unspecified atom stereocenters. The van der Waals surface area contributed by atoms with E-state index in [4.69, 9.17) is 15.2 Å². The Bertz CT molecular complexity index is 503. The molecule has 0 aromatic heterocycles. The van der Waals surface area contributed by atoms with Crippen LogP contribution in [0.3, 0.4) is 0 Å². The second kappa shape index (κ2) is 9.63. The van der Waals surface area contributed by atoms with Crippen LogP contribution in [-0.2, 0) is 0 Å². The first kappa shape index (κ1) is 19.6. The number of nitrogens with zero attached hydrogens (tertiary/aromatic N) is 1. The monoisotopic (exact) mass is 342 g/mol. The number of hydrogen-bond acceptors (Lipinski definition) is 4. The number of ether oxygens (including phenoxy) is 2. The number of piperidine rings is 1. The van der Waals surface area contributed by atoms with Gasteiger partial charge in [0.15, 0.2) is 11.5 Å². The number of carbonyl (C=O) groups is 1. The number of amides is 1. The van der Waals surface area contributed by atoms with Gasteiger partial charge in [-0.25, -0.2) is 0 Å². The molecule has 23 heavy (non-hydrogen) atoms. The molecule has 1 saturated heterocycles. The number of hydrogen-bond donors (Lipinski definition) is 1. The van der Waals surface area contributed by atoms with Crippen LogP contribution in [0.5, 0.6) is 11.5 Å². The fraction of sp³-hybridized carbons (Fsp3) is 0.588. The lowest BCUT2D eigenvalue weighted by atomic mass is 10.0. The number of halogens is 1. The predicted molar refractivity (Wildman–Crippen MR) is 93.8 cm³/mol. The summed E-state index contributed by atoms with van der Waals surface area (Å²) in [7, 11) is 1.59. The van der Waals surface area contributed by atoms with E-state index >= 15 is 0 Å². The van der Waals surface area contributed by atoms with Crippen molar-refractivity contribution in [1.82, 2.24) is 4.90 Å². The number of carbonyl (C=O) groups excluding carboxylic acids is 1. The average Bonchev–Trinajstić information content (AvgIpc) is 2.55. The Morgan fingerprint density at radius 2 is 2.00 bits per heavy atom. The maximum Gasteiger partial charge on any atom is 0.253 e. The molecule has 130 valence electrons. The van der Waals surface area contributed by atoms with Crippen LogP contribution >= 0.6 is 12.4 Å². The summed E-state index contributed by atoms with van der Waals surface area (Å²) in [5.74, 6) is 1.33. The second-order valence-electron chi connectivity index (χ2n) is 5.70. The Kier molecular flexibility index (Phi) is 8.20. The highest BCUT2D eigenvalue weighted by atomic mass is 35.5. The molecule has 0 bridgehead atoms. The second-order valence-corrected chi connectivity index (χ2v) is 5.70. The van der Waals surface area contributed by atoms with Gasteiger partial charge in [0, 0.05) is 24.7 Å². The molecule has 5 nitrogen and oxygen atoms in total. The fourth-order valence-electron chi connectivity index (χ4n) is 2.53. The maximum atomic E-state index is 12.5. The number of rotatable bonds is 6. The molecule has 0 aliphatic carbocycles. The lowest BCUT2D eigenvalue weighted by molar-refractivity contribution is 0.0714. The highest BCUT2D eigenvalue weighted by Crippen LogP contribution is 2.29. The summed E-state index contributed by atoms with van der Waals surface area (Å²) in [5.41, 5.74) is 6.52. The first-order chi connectivity index (χ1) is 10.7. The molecule has 1 amide bonds. The smallest absolute Gasteiger partial charge is 0.253 e. The van der Waals surface area contributed by atoms with Crippen LogP contribution in [0.1, 0.15) is 43.0 Å². The van der Waals surface area contributed by atoms with Crippen LogP contribution in [0, 0.1) is 0 Å². The van der Waals surface area contributed by atoms with E-state index in [1.54, 1.807) is 19.2 Å². The van der Waals surface area contributed by atoms with Crippen LogP contribution in [-0.4, -0.2) is 43.7 Å². The van der Waals surface area contributed by atoms with E-state index in [0.29, 0.717) is 23.7 Å². The zero-order valence-corrected chi connectivity index (χ0v) is 14.7. The normalized spacial score (nSPS) is 15.0. The third kappa shape index (κ3) is 5.29. The van der Waals surface area contributed by atoms with Crippen LogP contribution in [0.25, 0.3) is 0 Å². The molecular formula is C17H27ClN2O3. The minimum absolute atomic E-state index is 0. The first-order valence-corrected chi connectivity index (χ1v) is 8.01. The van der Waals surface area contributed by atoms with Gasteiger partial charge in [-0.1, -0.05) is 13.3 Å². The summed E-state index contributed by atoms with van der Waals surface area (Å²) in [6, 6.07) is 5.60. The number of benzene rings is 1. The van der Waals surface area contributed by atoms with Crippen molar-refractivity contribution in [3.8, 4) is 11.5 Å². The highest BCUT2D eigenvalue weighted by Gasteiger charge is 2.22. The molecule has 1 aromatic rings. The van der Waals surface area contributed by atoms with Crippen molar-refractivity contribution in [2.24, 2.45) is 5.73 Å². The Hall–Kier alpha value is -1.46. The van der Waals surface area contributed by atoms with Crippen molar-refractivity contribution in [2.45, 2.75) is 38.6 Å². The molecule has 6 heteroatoms. The van der Waals surface area contributed by atoms with E-state index < -0.39 is 0 Å². The zero-order valence-electron chi connectivity index (χ0n) is 13.9. The van der Waals surface area contributed by atoms with Crippen molar-refractivity contribution < 1.29 is 14.3 Å². The molecule has 0 radical (unpaired) electrons. The number of methoxy groups -OCH3 is 1. The van der Waals surface area contributed by atoms with Gasteiger partial charge in [0.05, 0.1) is 13.7 Å². The van der Waals surface area contributed by atoms with Gasteiger partial charge in [0.2, 0.25) is 0 Å². The van der Waals surface area contributed by atoms with E-state index in [9.17, 15) is 4.79 Å². The summed E-state index contributed by atoms with van der Waals surface area (Å²) in [5, 5.41) is 0. The molecule has 2 rings (SSSR count). The van der Waals surface area contributed by atoms with Crippen molar-refractivity contribution >= 4 is 18.3 Å². The van der Waals surface area contributed by atoms with Crippen molar-refractivity contribution in [3.05, 3.63) is 23.8 Å². The summed E-state index contributed by atoms with van der Waals surface area (Å²) in [4.78, 5) is 14.4. The number of nitrogens with two attached hydrogens (primary N) is 1. The molecule has 0 saturated carbocycles. The third-order valence-electron chi connectivity index (χ3n) is 3.99. The van der Waals surface area contributed by atoms with Gasteiger partial charge in [0.25, 0.3) is 5.91 Å². The average molecular weight is 343 g/mol. The molecule has 1 heterocycles. The van der Waals surface area contributed by atoms with Crippen LogP contribution in [0.2, 0.25) is 0 Å². The fourth-order valence-corrected chi connectivity index (χ4v) is 2.53. The van der Waals surface area contributed by atoms with Gasteiger partial charge in [-0.3, -0.25) is 4.79 Å². The van der Waals surface area contributed by atoms with Crippen molar-refractivity contribution in [3.63, 3.8) is 0 Å². The molecule has 1 aliphatic heterocycles. The third-order valence-corrected chi connectivity index (χ3v) is 3.99. The first-order valence-electron chi connectivity index (χ1n) is 8.01. The van der Waals surface area contributed by atoms with Crippen LogP contribution < -0.4 is 15.2 Å². The van der Waals surface area contributed by atoms with Crippen molar-refractivity contribution in [2.75, 3.05) is 26.8 Å². The number of likely N-dealkylation sites (tertiary alicyclic amines) is 1. The highest BCUT2D eigenvalue weighted by molar-refractivity contribution is 5.95. The van der Waals surface area contributed by atoms with Gasteiger partial charge in [-0.2, -0.15) is 0 Å². The predicted octanol–water partition coefficient (Wildman–Crippen LogP) is 2.86. The van der Waals surface area contributed by atoms with Gasteiger partial charge in [-0.15, -0.1) is 12.4 Å². The Labute approximate surface area is 144 Å². The number of unbranched alkanes of at least 4 members (excludes halogenated alkanes) is 1. The summed E-state index contributed by atoms with van der Waals surface area (Å²) in [6.45, 7) is 4.21. The van der Waals surface area contributed by atoms with E-state index in [1.807, 2.05) is 11.0 Å². The Balaban J connectivity index is 0.00000264. The van der Waals surface area contributed by atoms with E-state index in [1.165, 1.54) is 0 Å². The molecule has 2 N–H and O–H groups in total. The van der Waals surface area contributed by atoms with Gasteiger partial charge in [-0.05, 0) is 37.5 Å². The molecule has 1 aromatic carbocycles. The SMILES string of the molecule is CCCCOc1ccc(C(=O)N2CCC(N)CC2)cc1OC.Cl. The standard InChI is InChI=1S/C17H26N2O3.ClH/c1-3-4-11-22-15-6-5-13(12-16(15)21-2)17(20)19-9-7-14(18)8-10-19;/h5-6,12,14H,3-4,7-11,18H2,1-2H3;1H. The molecule has 0 spiro atoms. The van der Waals surface area contributed by atoms with E-state index in [2.05, 4.69) is 6.92 Å². The van der Waals surface area contributed by atoms with Gasteiger partial charge < -0.3 is 20.1 Å². The molecule has 1 fully saturated rings. The van der Waals surface area contributed by atoms with Crippen LogP contribution in [0.4, 0.5) is 0 Å². The van der Waals surface area contributed by atoms with Crippen molar-refractivity contribution in [1.29, 1.82) is 0 Å². The van der Waals surface area contributed by atoms with Crippen LogP contribution in [0.15, 0.2) is 18.2 Å². The topological polar surface area (TPSA) is 64.8 Å². The Morgan fingerprint density at radius 3 is 2.61 bits per heavy atom. The minimum atomic E-state index is 0. The molecule has 0 atom stereocenters.